The largest absolute Gasteiger partial charge is 0.669 e. The molecule has 1 fully saturated rings. The van der Waals surface area contributed by atoms with Crippen molar-refractivity contribution in [3.05, 3.63) is 41.5 Å². The van der Waals surface area contributed by atoms with Crippen molar-refractivity contribution >= 4 is 18.6 Å². The first-order valence-electron chi connectivity index (χ1n) is 9.63. The summed E-state index contributed by atoms with van der Waals surface area (Å²) in [7, 11) is 0. The maximum atomic E-state index is 12.6. The van der Waals surface area contributed by atoms with Gasteiger partial charge in [-0.3, -0.25) is 4.79 Å². The number of ether oxygens (including phenoxy) is 1. The summed E-state index contributed by atoms with van der Waals surface area (Å²) in [5.41, 5.74) is 6.79. The van der Waals surface area contributed by atoms with E-state index in [9.17, 15) is 24.7 Å². The Labute approximate surface area is 171 Å². The molecule has 2 aliphatic rings. The predicted molar refractivity (Wildman–Crippen MR) is 104 cm³/mol. The zero-order chi connectivity index (χ0) is 21.5. The van der Waals surface area contributed by atoms with E-state index < -0.39 is 24.9 Å². The lowest BCUT2D eigenvalue weighted by Crippen LogP contribution is -2.45. The summed E-state index contributed by atoms with van der Waals surface area (Å²) < 4.78 is 11.1. The minimum atomic E-state index is -3.11. The molecular weight excluding hydrogens is 395 g/mol. The van der Waals surface area contributed by atoms with Gasteiger partial charge in [-0.25, -0.2) is 9.78 Å². The second kappa shape index (κ2) is 7.63. The molecule has 0 bridgehead atoms. The molecule has 30 heavy (non-hydrogen) atoms. The van der Waals surface area contributed by atoms with E-state index in [0.29, 0.717) is 24.2 Å². The SMILES string of the molecule is NC(C(=O)N1CC[C@H](Oc2ccc3c(c2C(=O)O)O[B-](O)(O)CC3)C1)c1cnc[nH]1. The summed E-state index contributed by atoms with van der Waals surface area (Å²) in [6.45, 7) is -2.46. The quantitative estimate of drug-likeness (QED) is 0.408. The van der Waals surface area contributed by atoms with Crippen molar-refractivity contribution in [2.24, 2.45) is 5.73 Å². The molecule has 1 aromatic heterocycles. The van der Waals surface area contributed by atoms with Gasteiger partial charge in [0.05, 0.1) is 30.5 Å². The van der Waals surface area contributed by atoms with Crippen LogP contribution in [-0.4, -0.2) is 67.8 Å². The van der Waals surface area contributed by atoms with Gasteiger partial charge in [-0.15, -0.1) is 0 Å². The van der Waals surface area contributed by atoms with Crippen LogP contribution in [0.15, 0.2) is 24.7 Å². The van der Waals surface area contributed by atoms with E-state index in [2.05, 4.69) is 9.97 Å². The number of likely N-dealkylation sites (tertiary alicyclic amines) is 1. The molecule has 1 aromatic carbocycles. The van der Waals surface area contributed by atoms with Crippen LogP contribution in [0.3, 0.4) is 0 Å². The van der Waals surface area contributed by atoms with E-state index in [1.165, 1.54) is 18.6 Å². The van der Waals surface area contributed by atoms with Crippen LogP contribution in [0.4, 0.5) is 0 Å². The van der Waals surface area contributed by atoms with E-state index in [0.717, 1.165) is 0 Å². The number of nitrogens with two attached hydrogens (primary N) is 1. The highest BCUT2D eigenvalue weighted by Crippen LogP contribution is 2.39. The number of H-pyrrole nitrogens is 1. The summed E-state index contributed by atoms with van der Waals surface area (Å²) >= 11 is 0. The van der Waals surface area contributed by atoms with Crippen molar-refractivity contribution in [1.82, 2.24) is 14.9 Å². The van der Waals surface area contributed by atoms with Crippen molar-refractivity contribution in [1.29, 1.82) is 0 Å². The van der Waals surface area contributed by atoms with Gasteiger partial charge in [0.15, 0.2) is 0 Å². The van der Waals surface area contributed by atoms with E-state index in [1.54, 1.807) is 11.0 Å². The van der Waals surface area contributed by atoms with Crippen LogP contribution >= 0.6 is 0 Å². The minimum Gasteiger partial charge on any atom is -0.669 e. The predicted octanol–water partition coefficient (Wildman–Crippen LogP) is -0.354. The summed E-state index contributed by atoms with van der Waals surface area (Å²) in [6, 6.07) is 2.30. The number of hydrogen-bond donors (Lipinski definition) is 5. The Morgan fingerprint density at radius 2 is 2.20 bits per heavy atom. The number of carbonyl (C=O) groups excluding carboxylic acids is 1. The standard InChI is InChI=1S/C18H22BN4O7/c20-15(12-7-21-9-22-12)17(24)23-6-4-11(8-23)29-13-2-1-10-3-5-19(27,28)30-16(10)14(13)18(25)26/h1-2,7,9,11,15,27-28H,3-6,8,20H2,(H,21,22)(H,25,26)/q-1/t11-,15?/m0/s1. The Kier molecular flexibility index (Phi) is 5.14. The number of carbonyl (C=O) groups is 2. The first-order valence-corrected chi connectivity index (χ1v) is 9.63. The van der Waals surface area contributed by atoms with Crippen molar-refractivity contribution in [3.63, 3.8) is 0 Å². The number of carboxylic acids is 1. The van der Waals surface area contributed by atoms with Gasteiger partial charge in [-0.1, -0.05) is 12.4 Å². The van der Waals surface area contributed by atoms with Gasteiger partial charge in [0.2, 0.25) is 5.91 Å². The number of carboxylic acid groups (broad SMARTS) is 1. The van der Waals surface area contributed by atoms with Crippen LogP contribution in [0.25, 0.3) is 0 Å². The van der Waals surface area contributed by atoms with Crippen molar-refractivity contribution < 1.29 is 34.1 Å². The number of hydrogen-bond acceptors (Lipinski definition) is 8. The number of fused-ring (bicyclic) bond motifs is 1. The Morgan fingerprint density at radius 3 is 2.90 bits per heavy atom. The van der Waals surface area contributed by atoms with Gasteiger partial charge in [-0.05, 0) is 18.1 Å². The number of amides is 1. The average molecular weight is 417 g/mol. The number of benzene rings is 1. The third-order valence-corrected chi connectivity index (χ3v) is 5.38. The monoisotopic (exact) mass is 417 g/mol. The van der Waals surface area contributed by atoms with E-state index in [-0.39, 0.29) is 42.3 Å². The fourth-order valence-electron chi connectivity index (χ4n) is 3.80. The highest BCUT2D eigenvalue weighted by molar-refractivity contribution is 6.59. The van der Waals surface area contributed by atoms with E-state index in [1.807, 2.05) is 0 Å². The molecule has 1 amide bonds. The van der Waals surface area contributed by atoms with Crippen molar-refractivity contribution in [2.75, 3.05) is 13.1 Å². The average Bonchev–Trinajstić information content (AvgIpc) is 3.37. The van der Waals surface area contributed by atoms with Gasteiger partial charge < -0.3 is 40.2 Å². The fourth-order valence-corrected chi connectivity index (χ4v) is 3.80. The second-order valence-electron chi connectivity index (χ2n) is 7.54. The normalized spacial score (nSPS) is 20.9. The molecule has 160 valence electrons. The van der Waals surface area contributed by atoms with Gasteiger partial charge in [0.25, 0.3) is 0 Å². The molecule has 0 saturated carbocycles. The topological polar surface area (TPSA) is 171 Å². The number of aromatic carboxylic acids is 1. The zero-order valence-corrected chi connectivity index (χ0v) is 16.0. The van der Waals surface area contributed by atoms with Crippen LogP contribution in [0, 0.1) is 0 Å². The zero-order valence-electron chi connectivity index (χ0n) is 16.0. The van der Waals surface area contributed by atoms with Crippen LogP contribution in [-0.2, 0) is 11.2 Å². The number of nitrogens with one attached hydrogen (secondary N) is 1. The van der Waals surface area contributed by atoms with Crippen molar-refractivity contribution in [2.45, 2.75) is 31.3 Å². The van der Waals surface area contributed by atoms with Gasteiger partial charge in [-0.2, -0.15) is 0 Å². The van der Waals surface area contributed by atoms with Gasteiger partial charge >= 0.3 is 12.7 Å². The first kappa shape index (κ1) is 20.2. The maximum Gasteiger partial charge on any atom is 0.430 e. The maximum absolute atomic E-state index is 12.6. The Balaban J connectivity index is 1.50. The molecule has 1 saturated heterocycles. The third-order valence-electron chi connectivity index (χ3n) is 5.38. The molecule has 2 aromatic rings. The van der Waals surface area contributed by atoms with Crippen LogP contribution < -0.4 is 15.1 Å². The van der Waals surface area contributed by atoms with Crippen LogP contribution in [0.2, 0.25) is 6.32 Å². The minimum absolute atomic E-state index is 0.0114. The molecule has 0 aliphatic carbocycles. The first-order chi connectivity index (χ1) is 14.2. The fraction of sp³-hybridized carbons (Fsp3) is 0.389. The molecular formula is C18H22BN4O7-. The summed E-state index contributed by atoms with van der Waals surface area (Å²) in [5.74, 6) is -1.64. The number of aromatic amines is 1. The van der Waals surface area contributed by atoms with Crippen molar-refractivity contribution in [3.8, 4) is 11.5 Å². The molecule has 1 unspecified atom stereocenters. The molecule has 0 radical (unpaired) electrons. The van der Waals surface area contributed by atoms with Gasteiger partial charge in [0.1, 0.15) is 23.5 Å². The van der Waals surface area contributed by atoms with E-state index >= 15 is 0 Å². The molecule has 4 rings (SSSR count). The molecule has 3 heterocycles. The highest BCUT2D eigenvalue weighted by Gasteiger charge is 2.35. The smallest absolute Gasteiger partial charge is 0.430 e. The summed E-state index contributed by atoms with van der Waals surface area (Å²) in [5, 5.41) is 29.3. The van der Waals surface area contributed by atoms with Crippen LogP contribution in [0.5, 0.6) is 11.5 Å². The molecule has 11 nitrogen and oxygen atoms in total. The molecule has 0 spiro atoms. The van der Waals surface area contributed by atoms with E-state index in [4.69, 9.17) is 15.1 Å². The molecule has 6 N–H and O–H groups in total. The number of imidazole rings is 1. The second-order valence-corrected chi connectivity index (χ2v) is 7.54. The van der Waals surface area contributed by atoms with Gasteiger partial charge in [0, 0.05) is 13.0 Å². The number of rotatable bonds is 5. The Hall–Kier alpha value is -3.09. The third kappa shape index (κ3) is 3.84. The lowest BCUT2D eigenvalue weighted by molar-refractivity contribution is -0.132. The highest BCUT2D eigenvalue weighted by atomic mass is 16.6. The summed E-state index contributed by atoms with van der Waals surface area (Å²) in [6.07, 6.45) is 3.25. The molecule has 12 heteroatoms. The lowest BCUT2D eigenvalue weighted by Gasteiger charge is -2.37. The number of aryl methyl sites for hydroxylation is 1. The summed E-state index contributed by atoms with van der Waals surface area (Å²) in [4.78, 5) is 32.7. The molecule has 2 atom stereocenters. The number of aromatic nitrogens is 2. The van der Waals surface area contributed by atoms with Crippen LogP contribution in [0.1, 0.15) is 34.1 Å². The Morgan fingerprint density at radius 1 is 1.40 bits per heavy atom. The Bertz CT molecular complexity index is 966. The molecule has 2 aliphatic heterocycles. The lowest BCUT2D eigenvalue weighted by atomic mass is 9.70. The number of nitrogens with zero attached hydrogens (tertiary/aromatic N) is 2.